The van der Waals surface area contributed by atoms with Crippen LogP contribution < -0.4 is 0 Å². The molecule has 0 heterocycles. The Morgan fingerprint density at radius 3 is 2.61 bits per heavy atom. The lowest BCUT2D eigenvalue weighted by atomic mass is 9.87. The molecular weight excluding hydrogens is 352 g/mol. The lowest BCUT2D eigenvalue weighted by molar-refractivity contribution is -0.160. The zero-order valence-electron chi connectivity index (χ0n) is 14.8. The maximum Gasteiger partial charge on any atom is 0.309 e. The van der Waals surface area contributed by atoms with E-state index in [9.17, 15) is 4.79 Å². The summed E-state index contributed by atoms with van der Waals surface area (Å²) >= 11 is 3.57. The number of aryl methyl sites for hydroxylation is 1. The second-order valence-electron chi connectivity index (χ2n) is 7.63. The number of hydrogen-bond donors (Lipinski definition) is 0. The highest BCUT2D eigenvalue weighted by Crippen LogP contribution is 2.37. The smallest absolute Gasteiger partial charge is 0.309 e. The number of halogens is 1. The van der Waals surface area contributed by atoms with E-state index in [-0.39, 0.29) is 17.5 Å². The van der Waals surface area contributed by atoms with Crippen LogP contribution in [0.25, 0.3) is 0 Å². The van der Waals surface area contributed by atoms with E-state index in [1.807, 2.05) is 20.8 Å². The Kier molecular flexibility index (Phi) is 6.30. The summed E-state index contributed by atoms with van der Waals surface area (Å²) in [7, 11) is 0. The van der Waals surface area contributed by atoms with Crippen molar-refractivity contribution in [3.05, 3.63) is 33.8 Å². The maximum atomic E-state index is 12.3. The van der Waals surface area contributed by atoms with E-state index in [1.165, 1.54) is 17.5 Å². The van der Waals surface area contributed by atoms with Gasteiger partial charge in [0.05, 0.1) is 5.92 Å². The van der Waals surface area contributed by atoms with Gasteiger partial charge in [0, 0.05) is 4.47 Å². The standard InChI is InChI=1S/C20H29BrO2/c1-5-14-13-17(21)11-12-18(14)15-7-6-8-16(10-9-15)19(22)23-20(2,3)4/h11-13,15-16H,5-10H2,1-4H3. The molecule has 2 nitrogen and oxygen atoms in total. The van der Waals surface area contributed by atoms with Gasteiger partial charge in [-0.3, -0.25) is 4.79 Å². The van der Waals surface area contributed by atoms with Crippen molar-refractivity contribution in [3.63, 3.8) is 0 Å². The molecule has 128 valence electrons. The normalized spacial score (nSPS) is 22.5. The second-order valence-corrected chi connectivity index (χ2v) is 8.55. The molecule has 0 N–H and O–H groups in total. The first-order chi connectivity index (χ1) is 10.8. The van der Waals surface area contributed by atoms with Crippen LogP contribution in [0.3, 0.4) is 0 Å². The van der Waals surface area contributed by atoms with E-state index in [0.29, 0.717) is 5.92 Å². The van der Waals surface area contributed by atoms with Crippen molar-refractivity contribution >= 4 is 21.9 Å². The van der Waals surface area contributed by atoms with Gasteiger partial charge in [0.15, 0.2) is 0 Å². The lowest BCUT2D eigenvalue weighted by Gasteiger charge is -2.23. The monoisotopic (exact) mass is 380 g/mol. The summed E-state index contributed by atoms with van der Waals surface area (Å²) < 4.78 is 6.74. The molecule has 1 aromatic carbocycles. The zero-order chi connectivity index (χ0) is 17.0. The third-order valence-electron chi connectivity index (χ3n) is 4.63. The number of hydrogen-bond acceptors (Lipinski definition) is 2. The highest BCUT2D eigenvalue weighted by Gasteiger charge is 2.29. The van der Waals surface area contributed by atoms with Crippen molar-refractivity contribution in [1.29, 1.82) is 0 Å². The number of carbonyl (C=O) groups is 1. The Labute approximate surface area is 149 Å². The van der Waals surface area contributed by atoms with Gasteiger partial charge in [-0.2, -0.15) is 0 Å². The average Bonchev–Trinajstić information content (AvgIpc) is 2.71. The van der Waals surface area contributed by atoms with Gasteiger partial charge < -0.3 is 4.74 Å². The van der Waals surface area contributed by atoms with Gasteiger partial charge in [0.2, 0.25) is 0 Å². The molecule has 0 amide bonds. The van der Waals surface area contributed by atoms with Gasteiger partial charge in [-0.05, 0) is 82.1 Å². The predicted octanol–water partition coefficient (Wildman–Crippen LogP) is 6.02. The number of carbonyl (C=O) groups excluding carboxylic acids is 1. The Morgan fingerprint density at radius 2 is 1.96 bits per heavy atom. The summed E-state index contributed by atoms with van der Waals surface area (Å²) in [5.74, 6) is 0.634. The van der Waals surface area contributed by atoms with E-state index < -0.39 is 0 Å². The minimum atomic E-state index is -0.385. The molecule has 2 atom stereocenters. The van der Waals surface area contributed by atoms with Crippen molar-refractivity contribution in [1.82, 2.24) is 0 Å². The molecule has 2 unspecified atom stereocenters. The lowest BCUT2D eigenvalue weighted by Crippen LogP contribution is -2.28. The van der Waals surface area contributed by atoms with Crippen LogP contribution in [0.15, 0.2) is 22.7 Å². The van der Waals surface area contributed by atoms with Crippen LogP contribution in [0.1, 0.15) is 76.8 Å². The van der Waals surface area contributed by atoms with E-state index in [2.05, 4.69) is 41.1 Å². The van der Waals surface area contributed by atoms with Crippen molar-refractivity contribution in [2.24, 2.45) is 5.92 Å². The van der Waals surface area contributed by atoms with Crippen LogP contribution in [-0.4, -0.2) is 11.6 Å². The van der Waals surface area contributed by atoms with Gasteiger partial charge in [-0.25, -0.2) is 0 Å². The van der Waals surface area contributed by atoms with Gasteiger partial charge in [-0.15, -0.1) is 0 Å². The number of esters is 1. The van der Waals surface area contributed by atoms with E-state index in [4.69, 9.17) is 4.74 Å². The summed E-state index contributed by atoms with van der Waals surface area (Å²) in [6, 6.07) is 6.65. The molecule has 0 bridgehead atoms. The minimum absolute atomic E-state index is 0.00956. The van der Waals surface area contributed by atoms with Crippen LogP contribution in [0.5, 0.6) is 0 Å². The largest absolute Gasteiger partial charge is 0.460 e. The number of rotatable bonds is 3. The molecule has 1 saturated carbocycles. The zero-order valence-corrected chi connectivity index (χ0v) is 16.4. The molecular formula is C20H29BrO2. The third-order valence-corrected chi connectivity index (χ3v) is 5.13. The fourth-order valence-corrected chi connectivity index (χ4v) is 3.92. The summed E-state index contributed by atoms with van der Waals surface area (Å²) in [5, 5.41) is 0. The van der Waals surface area contributed by atoms with Gasteiger partial charge in [-0.1, -0.05) is 35.3 Å². The molecule has 23 heavy (non-hydrogen) atoms. The van der Waals surface area contributed by atoms with Gasteiger partial charge in [0.1, 0.15) is 5.60 Å². The Hall–Kier alpha value is -0.830. The highest BCUT2D eigenvalue weighted by molar-refractivity contribution is 9.10. The molecule has 0 aromatic heterocycles. The fraction of sp³-hybridized carbons (Fsp3) is 0.650. The van der Waals surface area contributed by atoms with E-state index in [0.717, 1.165) is 36.6 Å². The average molecular weight is 381 g/mol. The first kappa shape index (κ1) is 18.5. The first-order valence-corrected chi connectivity index (χ1v) is 9.60. The van der Waals surface area contributed by atoms with Crippen LogP contribution >= 0.6 is 15.9 Å². The summed E-state index contributed by atoms with van der Waals surface area (Å²) in [6.07, 6.45) is 6.32. The molecule has 3 heteroatoms. The molecule has 0 saturated heterocycles. The fourth-order valence-electron chi connectivity index (χ4n) is 3.51. The molecule has 0 aliphatic heterocycles. The van der Waals surface area contributed by atoms with Gasteiger partial charge >= 0.3 is 5.97 Å². The number of benzene rings is 1. The Bertz CT molecular complexity index is 545. The van der Waals surface area contributed by atoms with Crippen molar-refractivity contribution < 1.29 is 9.53 Å². The van der Waals surface area contributed by atoms with Gasteiger partial charge in [0.25, 0.3) is 0 Å². The van der Waals surface area contributed by atoms with Crippen LogP contribution in [0.4, 0.5) is 0 Å². The molecule has 2 rings (SSSR count). The van der Waals surface area contributed by atoms with Crippen LogP contribution in [0.2, 0.25) is 0 Å². The third kappa shape index (κ3) is 5.34. The molecule has 1 fully saturated rings. The SMILES string of the molecule is CCc1cc(Br)ccc1C1CCCC(C(=O)OC(C)(C)C)CC1. The van der Waals surface area contributed by atoms with Crippen molar-refractivity contribution in [2.45, 2.75) is 77.7 Å². The molecule has 1 aromatic rings. The topological polar surface area (TPSA) is 26.3 Å². The quantitative estimate of drug-likeness (QED) is 0.473. The molecule has 1 aliphatic carbocycles. The van der Waals surface area contributed by atoms with E-state index >= 15 is 0 Å². The Morgan fingerprint density at radius 1 is 1.22 bits per heavy atom. The van der Waals surface area contributed by atoms with Crippen LogP contribution in [0, 0.1) is 5.92 Å². The number of ether oxygens (including phenoxy) is 1. The summed E-state index contributed by atoms with van der Waals surface area (Å²) in [6.45, 7) is 8.05. The summed E-state index contributed by atoms with van der Waals surface area (Å²) in [4.78, 5) is 12.3. The van der Waals surface area contributed by atoms with E-state index in [1.54, 1.807) is 0 Å². The molecule has 0 spiro atoms. The maximum absolute atomic E-state index is 12.3. The van der Waals surface area contributed by atoms with Crippen molar-refractivity contribution in [2.75, 3.05) is 0 Å². The molecule has 1 aliphatic rings. The first-order valence-electron chi connectivity index (χ1n) is 8.81. The Balaban J connectivity index is 2.05. The van der Waals surface area contributed by atoms with Crippen LogP contribution in [-0.2, 0) is 16.0 Å². The minimum Gasteiger partial charge on any atom is -0.460 e. The summed E-state index contributed by atoms with van der Waals surface area (Å²) in [5.41, 5.74) is 2.52. The molecule has 0 radical (unpaired) electrons. The second kappa shape index (κ2) is 7.83. The van der Waals surface area contributed by atoms with Crippen molar-refractivity contribution in [3.8, 4) is 0 Å². The highest BCUT2D eigenvalue weighted by atomic mass is 79.9. The predicted molar refractivity (Wildman–Crippen MR) is 98.7 cm³/mol.